The number of aryl methyl sites for hydroxylation is 3. The molecule has 0 bridgehead atoms. The molecule has 5 rings (SSSR count). The van der Waals surface area contributed by atoms with E-state index in [9.17, 15) is 0 Å². The van der Waals surface area contributed by atoms with Gasteiger partial charge in [-0.1, -0.05) is 63.3 Å². The van der Waals surface area contributed by atoms with Crippen LogP contribution in [-0.4, -0.2) is 8.07 Å². The van der Waals surface area contributed by atoms with Crippen LogP contribution in [0.5, 0.6) is 11.5 Å². The Morgan fingerprint density at radius 2 is 1.72 bits per heavy atom. The zero-order valence-electron chi connectivity index (χ0n) is 20.7. The van der Waals surface area contributed by atoms with Crippen LogP contribution < -0.4 is 14.5 Å². The van der Waals surface area contributed by atoms with Crippen LogP contribution >= 0.6 is 0 Å². The van der Waals surface area contributed by atoms with Crippen LogP contribution in [0.25, 0.3) is 32.8 Å². The first-order valence-electron chi connectivity index (χ1n) is 11.8. The highest BCUT2D eigenvalue weighted by Crippen LogP contribution is 2.48. The molecule has 4 aromatic rings. The number of hydrogen-bond donors (Lipinski definition) is 0. The second kappa shape index (κ2) is 7.18. The van der Waals surface area contributed by atoms with Crippen LogP contribution in [0, 0.1) is 19.8 Å². The number of fused-ring (bicyclic) bond motifs is 3. The molecule has 1 aliphatic heterocycles. The third-order valence-corrected chi connectivity index (χ3v) is 8.78. The minimum atomic E-state index is -1.71. The maximum Gasteiger partial charge on any atom is 0.228 e. The van der Waals surface area contributed by atoms with Crippen LogP contribution in [0.1, 0.15) is 30.5 Å². The van der Waals surface area contributed by atoms with E-state index < -0.39 is 8.07 Å². The maximum atomic E-state index is 6.92. The highest BCUT2D eigenvalue weighted by molar-refractivity contribution is 6.91. The minimum absolute atomic E-state index is 0.613. The Labute approximate surface area is 192 Å². The number of benzene rings is 3. The van der Waals surface area contributed by atoms with Crippen LogP contribution in [0.3, 0.4) is 0 Å². The Bertz CT molecular complexity index is 1410. The molecule has 2 nitrogen and oxygen atoms in total. The summed E-state index contributed by atoms with van der Waals surface area (Å²) in [6.45, 7) is 16.3. The number of rotatable bonds is 3. The summed E-state index contributed by atoms with van der Waals surface area (Å²) in [5.74, 6) is 2.72. The van der Waals surface area contributed by atoms with Gasteiger partial charge in [-0.2, -0.15) is 0 Å². The number of hydrogen-bond acceptors (Lipinski definition) is 1. The van der Waals surface area contributed by atoms with E-state index >= 15 is 0 Å². The van der Waals surface area contributed by atoms with Gasteiger partial charge >= 0.3 is 0 Å². The first kappa shape index (κ1) is 21.2. The number of aromatic nitrogens is 1. The van der Waals surface area contributed by atoms with Gasteiger partial charge in [0, 0.05) is 6.07 Å². The lowest BCUT2D eigenvalue weighted by atomic mass is 9.90. The van der Waals surface area contributed by atoms with Crippen molar-refractivity contribution in [3.05, 3.63) is 59.3 Å². The standard InChI is InChI=1S/C29H34NOSi/c1-17(2)13-20-15-21-11-12-30(5)27-25-19(4)23-14-18(3)9-10-22(23)29(32(6,7)8)28(25)31-24(16-20)26(21)27/h9-12,14-17H,13H2,1-8H3/q+1. The van der Waals surface area contributed by atoms with Crippen molar-refractivity contribution in [2.75, 3.05) is 0 Å². The van der Waals surface area contributed by atoms with Crippen molar-refractivity contribution in [1.82, 2.24) is 0 Å². The third-order valence-electron chi connectivity index (χ3n) is 6.78. The smallest absolute Gasteiger partial charge is 0.228 e. The predicted octanol–water partition coefficient (Wildman–Crippen LogP) is 6.95. The lowest BCUT2D eigenvalue weighted by molar-refractivity contribution is -0.659. The molecule has 32 heavy (non-hydrogen) atoms. The van der Waals surface area contributed by atoms with E-state index in [1.165, 1.54) is 54.7 Å². The summed E-state index contributed by atoms with van der Waals surface area (Å²) in [7, 11) is 0.457. The summed E-state index contributed by atoms with van der Waals surface area (Å²) in [5.41, 5.74) is 6.54. The SMILES string of the molecule is Cc1ccc2c([Si](C)(C)C)c3c(c(C)c2c1)-c1c2c(cc(CC(C)C)cc2cc[n+]1C)O3. The molecular weight excluding hydrogens is 406 g/mol. The number of ether oxygens (including phenoxy) is 1. The topological polar surface area (TPSA) is 13.1 Å². The van der Waals surface area contributed by atoms with E-state index in [4.69, 9.17) is 4.74 Å². The molecule has 3 aromatic carbocycles. The Balaban J connectivity index is 1.96. The molecule has 0 spiro atoms. The van der Waals surface area contributed by atoms with Gasteiger partial charge in [0.15, 0.2) is 6.20 Å². The van der Waals surface area contributed by atoms with Gasteiger partial charge in [-0.25, -0.2) is 4.57 Å². The van der Waals surface area contributed by atoms with Crippen molar-refractivity contribution in [3.63, 3.8) is 0 Å². The minimum Gasteiger partial charge on any atom is -0.456 e. The second-order valence-electron chi connectivity index (χ2n) is 11.0. The average Bonchev–Trinajstić information content (AvgIpc) is 2.69. The quantitative estimate of drug-likeness (QED) is 0.218. The zero-order valence-corrected chi connectivity index (χ0v) is 21.7. The Kier molecular flexibility index (Phi) is 4.76. The first-order chi connectivity index (χ1) is 15.1. The van der Waals surface area contributed by atoms with Gasteiger partial charge in [-0.15, -0.1) is 0 Å². The van der Waals surface area contributed by atoms with E-state index in [-0.39, 0.29) is 0 Å². The van der Waals surface area contributed by atoms with Crippen molar-refractivity contribution < 1.29 is 9.30 Å². The molecule has 0 saturated carbocycles. The lowest BCUT2D eigenvalue weighted by Crippen LogP contribution is -2.41. The lowest BCUT2D eigenvalue weighted by Gasteiger charge is -2.30. The zero-order chi connectivity index (χ0) is 22.9. The van der Waals surface area contributed by atoms with E-state index in [1.54, 1.807) is 0 Å². The Morgan fingerprint density at radius 3 is 2.41 bits per heavy atom. The van der Waals surface area contributed by atoms with E-state index in [2.05, 4.69) is 102 Å². The second-order valence-corrected chi connectivity index (χ2v) is 16.0. The molecule has 1 aliphatic rings. The highest BCUT2D eigenvalue weighted by atomic mass is 28.3. The number of nitrogens with zero attached hydrogens (tertiary/aromatic N) is 1. The van der Waals surface area contributed by atoms with Gasteiger partial charge in [0.2, 0.25) is 5.69 Å². The molecule has 0 unspecified atom stereocenters. The molecule has 2 heterocycles. The van der Waals surface area contributed by atoms with Crippen molar-refractivity contribution in [1.29, 1.82) is 0 Å². The fraction of sp³-hybridized carbons (Fsp3) is 0.345. The fourth-order valence-electron chi connectivity index (χ4n) is 5.48. The van der Waals surface area contributed by atoms with Gasteiger partial charge < -0.3 is 4.74 Å². The van der Waals surface area contributed by atoms with Crippen LogP contribution in [0.2, 0.25) is 19.6 Å². The van der Waals surface area contributed by atoms with Gasteiger partial charge in [-0.05, 0) is 64.7 Å². The largest absolute Gasteiger partial charge is 0.456 e. The molecule has 1 aromatic heterocycles. The van der Waals surface area contributed by atoms with Crippen molar-refractivity contribution >= 4 is 34.8 Å². The maximum absolute atomic E-state index is 6.92. The molecule has 0 saturated heterocycles. The molecule has 3 heteroatoms. The Morgan fingerprint density at radius 1 is 0.969 bits per heavy atom. The summed E-state index contributed by atoms with van der Waals surface area (Å²) in [4.78, 5) is 0. The van der Waals surface area contributed by atoms with Gasteiger partial charge in [-0.3, -0.25) is 0 Å². The van der Waals surface area contributed by atoms with Crippen molar-refractivity contribution in [2.45, 2.75) is 53.8 Å². The van der Waals surface area contributed by atoms with E-state index in [0.29, 0.717) is 5.92 Å². The van der Waals surface area contributed by atoms with E-state index in [1.807, 2.05) is 0 Å². The molecule has 0 atom stereocenters. The average molecular weight is 441 g/mol. The van der Waals surface area contributed by atoms with Crippen molar-refractivity contribution in [2.24, 2.45) is 13.0 Å². The normalized spacial score (nSPS) is 13.0. The number of pyridine rings is 1. The van der Waals surface area contributed by atoms with Gasteiger partial charge in [0.1, 0.15) is 18.5 Å². The monoisotopic (exact) mass is 440 g/mol. The summed E-state index contributed by atoms with van der Waals surface area (Å²) >= 11 is 0. The highest BCUT2D eigenvalue weighted by Gasteiger charge is 2.36. The molecule has 0 radical (unpaired) electrons. The first-order valence-corrected chi connectivity index (χ1v) is 15.3. The van der Waals surface area contributed by atoms with Crippen LogP contribution in [-0.2, 0) is 13.5 Å². The molecule has 0 N–H and O–H groups in total. The van der Waals surface area contributed by atoms with Gasteiger partial charge in [0.25, 0.3) is 0 Å². The molecule has 0 fully saturated rings. The fourth-order valence-corrected chi connectivity index (χ4v) is 7.36. The predicted molar refractivity (Wildman–Crippen MR) is 139 cm³/mol. The van der Waals surface area contributed by atoms with Gasteiger partial charge in [0.05, 0.1) is 19.0 Å². The molecule has 0 aliphatic carbocycles. The van der Waals surface area contributed by atoms with Crippen molar-refractivity contribution in [3.8, 4) is 22.8 Å². The molecule has 164 valence electrons. The summed E-state index contributed by atoms with van der Waals surface area (Å²) in [5, 5.41) is 6.68. The van der Waals surface area contributed by atoms with Crippen LogP contribution in [0.15, 0.2) is 42.6 Å². The van der Waals surface area contributed by atoms with Crippen LogP contribution in [0.4, 0.5) is 0 Å². The third kappa shape index (κ3) is 3.17. The Hall–Kier alpha value is -2.65. The summed E-state index contributed by atoms with van der Waals surface area (Å²) in [6, 6.07) is 13.8. The summed E-state index contributed by atoms with van der Waals surface area (Å²) in [6.07, 6.45) is 3.27. The molecule has 0 amide bonds. The van der Waals surface area contributed by atoms with E-state index in [0.717, 1.165) is 17.9 Å². The molecular formula is C29H34NOSi+. The summed E-state index contributed by atoms with van der Waals surface area (Å²) < 4.78 is 9.21.